The molecule has 1 aliphatic rings. The molecule has 0 saturated heterocycles. The lowest BCUT2D eigenvalue weighted by atomic mass is 9.72. The summed E-state index contributed by atoms with van der Waals surface area (Å²) in [6.45, 7) is 0.751. The standard InChI is InChI=1S/C14H19BrN4/c15-10-6-11-13(17-8-10)19-12(18-11)7-14(9-16)4-2-1-3-5-14/h6,8H,1-5,7,9,16H2,(H,17,18,19). The van der Waals surface area contributed by atoms with Crippen molar-refractivity contribution in [2.75, 3.05) is 6.54 Å². The molecule has 2 aromatic rings. The van der Waals surface area contributed by atoms with E-state index in [-0.39, 0.29) is 5.41 Å². The smallest absolute Gasteiger partial charge is 0.177 e. The van der Waals surface area contributed by atoms with Crippen LogP contribution in [0.3, 0.4) is 0 Å². The molecule has 0 bridgehead atoms. The van der Waals surface area contributed by atoms with E-state index in [0.717, 1.165) is 34.4 Å². The lowest BCUT2D eigenvalue weighted by Gasteiger charge is -2.35. The van der Waals surface area contributed by atoms with Crippen molar-refractivity contribution in [2.24, 2.45) is 11.1 Å². The van der Waals surface area contributed by atoms with E-state index in [1.165, 1.54) is 32.1 Å². The Labute approximate surface area is 121 Å². The highest BCUT2D eigenvalue weighted by molar-refractivity contribution is 9.10. The molecule has 3 rings (SSSR count). The second-order valence-electron chi connectivity index (χ2n) is 5.65. The van der Waals surface area contributed by atoms with Crippen molar-refractivity contribution in [3.8, 4) is 0 Å². The van der Waals surface area contributed by atoms with E-state index >= 15 is 0 Å². The Morgan fingerprint density at radius 2 is 2.11 bits per heavy atom. The van der Waals surface area contributed by atoms with Crippen LogP contribution in [0.2, 0.25) is 0 Å². The predicted octanol–water partition coefficient (Wildman–Crippen LogP) is 3.17. The molecular formula is C14H19BrN4. The molecule has 1 saturated carbocycles. The highest BCUT2D eigenvalue weighted by atomic mass is 79.9. The van der Waals surface area contributed by atoms with Gasteiger partial charge in [-0.3, -0.25) is 0 Å². The molecule has 0 radical (unpaired) electrons. The van der Waals surface area contributed by atoms with Gasteiger partial charge in [-0.15, -0.1) is 0 Å². The van der Waals surface area contributed by atoms with E-state index in [0.29, 0.717) is 0 Å². The van der Waals surface area contributed by atoms with Crippen molar-refractivity contribution >= 4 is 27.1 Å². The maximum absolute atomic E-state index is 6.04. The molecule has 0 aromatic carbocycles. The summed E-state index contributed by atoms with van der Waals surface area (Å²) < 4.78 is 0.974. The van der Waals surface area contributed by atoms with Crippen LogP contribution in [-0.4, -0.2) is 21.5 Å². The third-order valence-corrected chi connectivity index (χ3v) is 4.68. The molecule has 4 nitrogen and oxygen atoms in total. The molecule has 5 heteroatoms. The number of fused-ring (bicyclic) bond motifs is 1. The number of rotatable bonds is 3. The maximum atomic E-state index is 6.04. The molecule has 0 aliphatic heterocycles. The number of nitrogens with zero attached hydrogens (tertiary/aromatic N) is 2. The zero-order valence-corrected chi connectivity index (χ0v) is 12.5. The third kappa shape index (κ3) is 2.67. The molecule has 0 amide bonds. The van der Waals surface area contributed by atoms with Gasteiger partial charge in [-0.2, -0.15) is 0 Å². The van der Waals surface area contributed by atoms with Gasteiger partial charge in [0.1, 0.15) is 5.82 Å². The number of aromatic amines is 1. The molecular weight excluding hydrogens is 304 g/mol. The number of aromatic nitrogens is 3. The second-order valence-corrected chi connectivity index (χ2v) is 6.57. The summed E-state index contributed by atoms with van der Waals surface area (Å²) in [5.41, 5.74) is 8.06. The Hall–Kier alpha value is -0.940. The van der Waals surface area contributed by atoms with Crippen LogP contribution in [-0.2, 0) is 6.42 Å². The van der Waals surface area contributed by atoms with Gasteiger partial charge in [0.15, 0.2) is 5.65 Å². The number of hydrogen-bond donors (Lipinski definition) is 2. The van der Waals surface area contributed by atoms with Crippen LogP contribution in [0.5, 0.6) is 0 Å². The number of halogens is 1. The largest absolute Gasteiger partial charge is 0.341 e. The van der Waals surface area contributed by atoms with Crippen LogP contribution in [0, 0.1) is 5.41 Å². The number of imidazole rings is 1. The first kappa shape index (κ1) is 13.1. The van der Waals surface area contributed by atoms with Gasteiger partial charge in [0.05, 0.1) is 5.52 Å². The Bertz CT molecular complexity index is 572. The Kier molecular flexibility index (Phi) is 3.58. The van der Waals surface area contributed by atoms with Crippen LogP contribution >= 0.6 is 15.9 Å². The van der Waals surface area contributed by atoms with Crippen molar-refractivity contribution in [2.45, 2.75) is 38.5 Å². The molecule has 102 valence electrons. The zero-order valence-electron chi connectivity index (χ0n) is 11.0. The van der Waals surface area contributed by atoms with E-state index in [4.69, 9.17) is 5.73 Å². The fourth-order valence-corrected chi connectivity index (χ4v) is 3.45. The average Bonchev–Trinajstić information content (AvgIpc) is 2.81. The summed E-state index contributed by atoms with van der Waals surface area (Å²) in [5.74, 6) is 1.02. The normalized spacial score (nSPS) is 18.8. The molecule has 1 aliphatic carbocycles. The predicted molar refractivity (Wildman–Crippen MR) is 79.9 cm³/mol. The van der Waals surface area contributed by atoms with Crippen LogP contribution < -0.4 is 5.73 Å². The summed E-state index contributed by atoms with van der Waals surface area (Å²) in [7, 11) is 0. The number of hydrogen-bond acceptors (Lipinski definition) is 3. The Morgan fingerprint density at radius 1 is 1.32 bits per heavy atom. The average molecular weight is 323 g/mol. The molecule has 2 aromatic heterocycles. The van der Waals surface area contributed by atoms with Gasteiger partial charge in [-0.1, -0.05) is 19.3 Å². The summed E-state index contributed by atoms with van der Waals surface area (Å²) in [5, 5.41) is 0. The minimum atomic E-state index is 0.239. The van der Waals surface area contributed by atoms with E-state index in [9.17, 15) is 0 Å². The number of H-pyrrole nitrogens is 1. The fraction of sp³-hybridized carbons (Fsp3) is 0.571. The van der Waals surface area contributed by atoms with Crippen LogP contribution in [0.4, 0.5) is 0 Å². The minimum Gasteiger partial charge on any atom is -0.341 e. The first-order chi connectivity index (χ1) is 9.21. The minimum absolute atomic E-state index is 0.239. The maximum Gasteiger partial charge on any atom is 0.177 e. The van der Waals surface area contributed by atoms with Crippen LogP contribution in [0.15, 0.2) is 16.7 Å². The van der Waals surface area contributed by atoms with E-state index in [1.54, 1.807) is 6.20 Å². The summed E-state index contributed by atoms with van der Waals surface area (Å²) in [6, 6.07) is 2.02. The van der Waals surface area contributed by atoms with Gasteiger partial charge in [0, 0.05) is 17.1 Å². The quantitative estimate of drug-likeness (QED) is 0.912. The molecule has 0 spiro atoms. The molecule has 0 unspecified atom stereocenters. The van der Waals surface area contributed by atoms with E-state index < -0.39 is 0 Å². The number of pyridine rings is 1. The molecule has 1 fully saturated rings. The summed E-state index contributed by atoms with van der Waals surface area (Å²) in [6.07, 6.45) is 9.10. The van der Waals surface area contributed by atoms with E-state index in [1.807, 2.05) is 6.07 Å². The molecule has 0 atom stereocenters. The first-order valence-electron chi connectivity index (χ1n) is 6.91. The van der Waals surface area contributed by atoms with Crippen molar-refractivity contribution in [3.05, 3.63) is 22.6 Å². The highest BCUT2D eigenvalue weighted by Gasteiger charge is 2.31. The highest BCUT2D eigenvalue weighted by Crippen LogP contribution is 2.38. The van der Waals surface area contributed by atoms with Gasteiger partial charge in [0.2, 0.25) is 0 Å². The van der Waals surface area contributed by atoms with Gasteiger partial charge in [0.25, 0.3) is 0 Å². The van der Waals surface area contributed by atoms with Gasteiger partial charge in [-0.05, 0) is 46.8 Å². The van der Waals surface area contributed by atoms with Crippen molar-refractivity contribution in [1.29, 1.82) is 0 Å². The van der Waals surface area contributed by atoms with Crippen molar-refractivity contribution in [1.82, 2.24) is 15.0 Å². The first-order valence-corrected chi connectivity index (χ1v) is 7.70. The topological polar surface area (TPSA) is 67.6 Å². The lowest BCUT2D eigenvalue weighted by Crippen LogP contribution is -2.35. The molecule has 19 heavy (non-hydrogen) atoms. The summed E-state index contributed by atoms with van der Waals surface area (Å²) in [4.78, 5) is 12.3. The Balaban J connectivity index is 1.87. The number of nitrogens with two attached hydrogens (primary N) is 1. The fourth-order valence-electron chi connectivity index (χ4n) is 3.12. The Morgan fingerprint density at radius 3 is 2.84 bits per heavy atom. The van der Waals surface area contributed by atoms with Gasteiger partial charge < -0.3 is 10.7 Å². The third-order valence-electron chi connectivity index (χ3n) is 4.24. The molecule has 3 N–H and O–H groups in total. The second kappa shape index (κ2) is 5.21. The lowest BCUT2D eigenvalue weighted by molar-refractivity contribution is 0.194. The van der Waals surface area contributed by atoms with Gasteiger partial charge in [-0.25, -0.2) is 9.97 Å². The zero-order chi connectivity index (χ0) is 13.3. The van der Waals surface area contributed by atoms with Crippen LogP contribution in [0.25, 0.3) is 11.2 Å². The summed E-state index contributed by atoms with van der Waals surface area (Å²) >= 11 is 3.43. The molecule has 2 heterocycles. The van der Waals surface area contributed by atoms with Gasteiger partial charge >= 0.3 is 0 Å². The SMILES string of the molecule is NCC1(Cc2nc3ncc(Br)cc3[nH]2)CCCCC1. The monoisotopic (exact) mass is 322 g/mol. The van der Waals surface area contributed by atoms with Crippen LogP contribution in [0.1, 0.15) is 37.9 Å². The number of nitrogens with one attached hydrogen (secondary N) is 1. The van der Waals surface area contributed by atoms with Crippen molar-refractivity contribution < 1.29 is 0 Å². The van der Waals surface area contributed by atoms with E-state index in [2.05, 4.69) is 30.9 Å². The van der Waals surface area contributed by atoms with Crippen molar-refractivity contribution in [3.63, 3.8) is 0 Å².